The Morgan fingerprint density at radius 1 is 0.569 bits per heavy atom. The number of furan rings is 2. The molecule has 0 aliphatic carbocycles. The highest BCUT2D eigenvalue weighted by atomic mass is 19.1. The number of fused-ring (bicyclic) bond motifs is 6. The maximum absolute atomic E-state index is 13.8. The predicted octanol–water partition coefficient (Wildman–Crippen LogP) is 7.06. The van der Waals surface area contributed by atoms with Gasteiger partial charge < -0.3 is 38.4 Å². The Balaban J connectivity index is 1.23. The summed E-state index contributed by atoms with van der Waals surface area (Å²) >= 11 is 0. The summed E-state index contributed by atoms with van der Waals surface area (Å²) in [4.78, 5) is 26.6. The standard InChI is InChI=1S/C39H34F2N2O8/c1-42-38(44)34-32-26-16-18-47-21-49-29-12-14-31-33(35(39(45)43-2)37(51-31)23-5-9-25(41)10-6-23)27(29)15-17-46-19-20-48-28(26)11-13-30(32)50-36(34)22-3-7-24(40)8-4-22/h3-14H,15-21H2,1-2H3,(H,42,44)(H,43,45). The van der Waals surface area contributed by atoms with Gasteiger partial charge in [-0.25, -0.2) is 8.78 Å². The Hall–Kier alpha value is -5.72. The maximum atomic E-state index is 13.8. The molecule has 0 saturated heterocycles. The van der Waals surface area contributed by atoms with Gasteiger partial charge in [0.1, 0.15) is 52.4 Å². The van der Waals surface area contributed by atoms with Crippen LogP contribution < -0.4 is 20.1 Å². The van der Waals surface area contributed by atoms with Crippen LogP contribution in [0.25, 0.3) is 44.6 Å². The van der Waals surface area contributed by atoms with E-state index in [0.29, 0.717) is 91.2 Å². The number of rotatable bonds is 4. The van der Waals surface area contributed by atoms with E-state index in [9.17, 15) is 18.4 Å². The lowest BCUT2D eigenvalue weighted by atomic mass is 9.98. The minimum Gasteiger partial charge on any atom is -0.491 e. The second-order valence-electron chi connectivity index (χ2n) is 11.7. The van der Waals surface area contributed by atoms with Crippen molar-refractivity contribution in [1.29, 1.82) is 0 Å². The summed E-state index contributed by atoms with van der Waals surface area (Å²) in [6.07, 6.45) is 0.700. The van der Waals surface area contributed by atoms with Crippen LogP contribution in [0.5, 0.6) is 11.5 Å². The van der Waals surface area contributed by atoms with Crippen LogP contribution in [0, 0.1) is 11.6 Å². The summed E-state index contributed by atoms with van der Waals surface area (Å²) in [5.41, 5.74) is 4.01. The van der Waals surface area contributed by atoms with Crippen LogP contribution in [0.1, 0.15) is 31.8 Å². The number of nitrogens with one attached hydrogen (secondary N) is 2. The van der Waals surface area contributed by atoms with Gasteiger partial charge in [0.15, 0.2) is 6.79 Å². The van der Waals surface area contributed by atoms with Gasteiger partial charge in [-0.3, -0.25) is 9.59 Å². The Labute approximate surface area is 291 Å². The van der Waals surface area contributed by atoms with Crippen molar-refractivity contribution in [1.82, 2.24) is 10.6 Å². The molecule has 0 spiro atoms. The number of hydrogen-bond acceptors (Lipinski definition) is 8. The molecule has 262 valence electrons. The van der Waals surface area contributed by atoms with E-state index in [1.807, 2.05) is 0 Å². The molecule has 7 rings (SSSR count). The van der Waals surface area contributed by atoms with Gasteiger partial charge in [0.05, 0.1) is 30.9 Å². The molecule has 2 aromatic heterocycles. The number of carbonyl (C=O) groups excluding carboxylic acids is 2. The Kier molecular flexibility index (Phi) is 9.69. The molecule has 0 fully saturated rings. The van der Waals surface area contributed by atoms with Crippen molar-refractivity contribution < 1.29 is 46.2 Å². The fourth-order valence-electron chi connectivity index (χ4n) is 6.37. The normalized spacial score (nSPS) is 14.0. The zero-order valence-corrected chi connectivity index (χ0v) is 27.9. The highest BCUT2D eigenvalue weighted by Crippen LogP contribution is 2.41. The van der Waals surface area contributed by atoms with Crippen LogP contribution in [0.4, 0.5) is 8.78 Å². The number of carbonyl (C=O) groups is 2. The summed E-state index contributed by atoms with van der Waals surface area (Å²) in [5.74, 6) is 0.0824. The quantitative estimate of drug-likeness (QED) is 0.201. The van der Waals surface area contributed by atoms with Crippen LogP contribution in [-0.2, 0) is 22.3 Å². The molecule has 2 N–H and O–H groups in total. The molecule has 0 bridgehead atoms. The maximum Gasteiger partial charge on any atom is 0.255 e. The van der Waals surface area contributed by atoms with Crippen molar-refractivity contribution in [3.05, 3.63) is 107 Å². The third kappa shape index (κ3) is 6.63. The van der Waals surface area contributed by atoms with E-state index < -0.39 is 11.6 Å². The molecule has 1 aliphatic heterocycles. The van der Waals surface area contributed by atoms with Gasteiger partial charge in [0.2, 0.25) is 0 Å². The van der Waals surface area contributed by atoms with Crippen molar-refractivity contribution in [2.24, 2.45) is 0 Å². The van der Waals surface area contributed by atoms with E-state index in [1.54, 1.807) is 48.5 Å². The molecule has 3 heterocycles. The van der Waals surface area contributed by atoms with Crippen molar-refractivity contribution in [2.45, 2.75) is 12.8 Å². The molecule has 1 aliphatic rings. The van der Waals surface area contributed by atoms with E-state index >= 15 is 0 Å². The van der Waals surface area contributed by atoms with Gasteiger partial charge in [0, 0.05) is 60.0 Å². The number of amides is 2. The van der Waals surface area contributed by atoms with Crippen LogP contribution in [0.2, 0.25) is 0 Å². The first-order valence-electron chi connectivity index (χ1n) is 16.4. The predicted molar refractivity (Wildman–Crippen MR) is 185 cm³/mol. The summed E-state index contributed by atoms with van der Waals surface area (Å²) in [7, 11) is 3.07. The first kappa shape index (κ1) is 33.8. The summed E-state index contributed by atoms with van der Waals surface area (Å²) < 4.78 is 64.2. The third-order valence-corrected chi connectivity index (χ3v) is 8.74. The van der Waals surface area contributed by atoms with E-state index in [1.165, 1.54) is 38.4 Å². The highest BCUT2D eigenvalue weighted by Gasteiger charge is 2.28. The number of hydrogen-bond donors (Lipinski definition) is 2. The second kappa shape index (κ2) is 14.6. The Morgan fingerprint density at radius 2 is 1.04 bits per heavy atom. The summed E-state index contributed by atoms with van der Waals surface area (Å²) in [5, 5.41) is 6.51. The van der Waals surface area contributed by atoms with Crippen molar-refractivity contribution in [2.75, 3.05) is 47.3 Å². The lowest BCUT2D eigenvalue weighted by Crippen LogP contribution is -2.19. The van der Waals surface area contributed by atoms with Crippen molar-refractivity contribution in [3.8, 4) is 34.1 Å². The monoisotopic (exact) mass is 696 g/mol. The Morgan fingerprint density at radius 3 is 1.53 bits per heavy atom. The topological polar surface area (TPSA) is 121 Å². The average Bonchev–Trinajstić information content (AvgIpc) is 3.73. The summed E-state index contributed by atoms with van der Waals surface area (Å²) in [6.45, 7) is 0.771. The highest BCUT2D eigenvalue weighted by molar-refractivity contribution is 6.13. The first-order valence-corrected chi connectivity index (χ1v) is 16.4. The molecule has 6 aromatic rings. The first-order chi connectivity index (χ1) is 24.9. The van der Waals surface area contributed by atoms with Gasteiger partial charge in [-0.15, -0.1) is 0 Å². The van der Waals surface area contributed by atoms with E-state index in [4.69, 9.17) is 27.8 Å². The molecule has 0 radical (unpaired) electrons. The lowest BCUT2D eigenvalue weighted by molar-refractivity contribution is 0.0163. The molecule has 0 unspecified atom stereocenters. The molecule has 0 atom stereocenters. The molecular formula is C39H34F2N2O8. The summed E-state index contributed by atoms with van der Waals surface area (Å²) in [6, 6.07) is 18.5. The number of benzene rings is 4. The lowest BCUT2D eigenvalue weighted by Gasteiger charge is -2.14. The fourth-order valence-corrected chi connectivity index (χ4v) is 6.37. The minimum absolute atomic E-state index is 0.127. The van der Waals surface area contributed by atoms with Gasteiger partial charge in [-0.1, -0.05) is 0 Å². The van der Waals surface area contributed by atoms with Crippen molar-refractivity contribution in [3.63, 3.8) is 0 Å². The van der Waals surface area contributed by atoms with Crippen LogP contribution >= 0.6 is 0 Å². The SMILES string of the molecule is CNC(=O)c1c(-c2ccc(F)cc2)oc2ccc3c(c12)CCOCOc1ccc2oc(-c4ccc(F)cc4)c(C(=O)NC)c2c1CCOCCO3. The van der Waals surface area contributed by atoms with E-state index in [0.717, 1.165) is 0 Å². The molecule has 4 aromatic carbocycles. The van der Waals surface area contributed by atoms with Crippen LogP contribution in [0.15, 0.2) is 81.6 Å². The molecule has 0 saturated carbocycles. The van der Waals surface area contributed by atoms with Gasteiger partial charge in [-0.2, -0.15) is 0 Å². The minimum atomic E-state index is -0.406. The average molecular weight is 697 g/mol. The Bertz CT molecular complexity index is 2230. The zero-order chi connectivity index (χ0) is 35.5. The number of halogens is 2. The smallest absolute Gasteiger partial charge is 0.255 e. The van der Waals surface area contributed by atoms with Crippen molar-refractivity contribution >= 4 is 33.8 Å². The molecule has 51 heavy (non-hydrogen) atoms. The van der Waals surface area contributed by atoms with Gasteiger partial charge >= 0.3 is 0 Å². The van der Waals surface area contributed by atoms with Crippen LogP contribution in [0.3, 0.4) is 0 Å². The molecular weight excluding hydrogens is 662 g/mol. The van der Waals surface area contributed by atoms with Gasteiger partial charge in [0.25, 0.3) is 11.8 Å². The van der Waals surface area contributed by atoms with E-state index in [-0.39, 0.29) is 45.0 Å². The second-order valence-corrected chi connectivity index (χ2v) is 11.7. The fraction of sp³-hybridized carbons (Fsp3) is 0.231. The van der Waals surface area contributed by atoms with Gasteiger partial charge in [-0.05, 0) is 72.8 Å². The molecule has 10 nitrogen and oxygen atoms in total. The van der Waals surface area contributed by atoms with Crippen LogP contribution in [-0.4, -0.2) is 59.1 Å². The molecule has 12 heteroatoms. The molecule has 2 amide bonds. The van der Waals surface area contributed by atoms with E-state index in [2.05, 4.69) is 10.6 Å². The number of ether oxygens (including phenoxy) is 4. The zero-order valence-electron chi connectivity index (χ0n) is 27.9. The third-order valence-electron chi connectivity index (χ3n) is 8.74. The largest absolute Gasteiger partial charge is 0.491 e.